The van der Waals surface area contributed by atoms with Crippen molar-refractivity contribution in [1.82, 2.24) is 0 Å². The maximum atomic E-state index is 13.7. The lowest BCUT2D eigenvalue weighted by Crippen LogP contribution is -2.02. The Morgan fingerprint density at radius 1 is 1.12 bits per heavy atom. The fraction of sp³-hybridized carbons (Fsp3) is 0.429. The van der Waals surface area contributed by atoms with Crippen molar-refractivity contribution in [3.63, 3.8) is 0 Å². The van der Waals surface area contributed by atoms with Crippen LogP contribution in [0.15, 0.2) is 46.5 Å². The van der Waals surface area contributed by atoms with Crippen LogP contribution >= 0.6 is 11.8 Å². The third-order valence-corrected chi connectivity index (χ3v) is 3.81. The Kier molecular flexibility index (Phi) is 4.46. The van der Waals surface area contributed by atoms with E-state index in [-0.39, 0.29) is 5.16 Å². The topological polar surface area (TPSA) is 0 Å². The van der Waals surface area contributed by atoms with E-state index in [0.717, 1.165) is 17.7 Å². The molecule has 86 valence electrons. The van der Waals surface area contributed by atoms with E-state index >= 15 is 0 Å². The smallest absolute Gasteiger partial charge is 0.157 e. The third kappa shape index (κ3) is 3.67. The van der Waals surface area contributed by atoms with Gasteiger partial charge in [-0.05, 0) is 37.0 Å². The first kappa shape index (κ1) is 11.7. The molecule has 2 rings (SSSR count). The maximum Gasteiger partial charge on any atom is 0.157 e. The van der Waals surface area contributed by atoms with Crippen molar-refractivity contribution in [3.8, 4) is 0 Å². The molecule has 0 saturated heterocycles. The molecule has 1 aliphatic rings. The molecule has 1 saturated carbocycles. The second-order valence-electron chi connectivity index (χ2n) is 4.28. The molecule has 0 aromatic heterocycles. The summed E-state index contributed by atoms with van der Waals surface area (Å²) in [6.45, 7) is 0. The molecule has 0 atom stereocenters. The summed E-state index contributed by atoms with van der Waals surface area (Å²) in [6, 6.07) is 9.72. The van der Waals surface area contributed by atoms with Crippen molar-refractivity contribution in [3.05, 3.63) is 41.6 Å². The van der Waals surface area contributed by atoms with Gasteiger partial charge < -0.3 is 0 Å². The van der Waals surface area contributed by atoms with Crippen molar-refractivity contribution in [2.75, 3.05) is 0 Å². The Balaban J connectivity index is 1.91. The molecule has 0 spiro atoms. The van der Waals surface area contributed by atoms with Crippen molar-refractivity contribution >= 4 is 11.8 Å². The molecule has 1 aliphatic carbocycles. The molecule has 2 heteroatoms. The fourth-order valence-corrected chi connectivity index (χ4v) is 2.90. The van der Waals surface area contributed by atoms with Gasteiger partial charge in [-0.1, -0.05) is 49.2 Å². The zero-order chi connectivity index (χ0) is 11.2. The van der Waals surface area contributed by atoms with E-state index in [1.54, 1.807) is 0 Å². The van der Waals surface area contributed by atoms with Gasteiger partial charge in [0.25, 0.3) is 0 Å². The third-order valence-electron chi connectivity index (χ3n) is 2.98. The average Bonchev–Trinajstić information content (AvgIpc) is 2.31. The van der Waals surface area contributed by atoms with Gasteiger partial charge in [-0.15, -0.1) is 0 Å². The van der Waals surface area contributed by atoms with Crippen LogP contribution < -0.4 is 0 Å². The van der Waals surface area contributed by atoms with Gasteiger partial charge in [-0.2, -0.15) is 4.39 Å². The first-order valence-corrected chi connectivity index (χ1v) is 6.76. The first-order chi connectivity index (χ1) is 7.84. The summed E-state index contributed by atoms with van der Waals surface area (Å²) in [6.07, 6.45) is 7.95. The first-order valence-electron chi connectivity index (χ1n) is 5.95. The Labute approximate surface area is 101 Å². The standard InChI is InChI=1S/C14H17FS/c15-14(11-12-7-3-1-4-8-12)16-13-9-5-2-6-10-13/h2,5-6,9-12H,1,3-4,7-8H2/b14-11+. The zero-order valence-electron chi connectivity index (χ0n) is 9.36. The van der Waals surface area contributed by atoms with E-state index in [1.165, 1.54) is 31.0 Å². The molecule has 1 aromatic carbocycles. The molecule has 0 aliphatic heterocycles. The average molecular weight is 236 g/mol. The lowest BCUT2D eigenvalue weighted by atomic mass is 9.89. The van der Waals surface area contributed by atoms with Gasteiger partial charge in [0.15, 0.2) is 5.16 Å². The van der Waals surface area contributed by atoms with Crippen LogP contribution in [0.3, 0.4) is 0 Å². The minimum absolute atomic E-state index is 0.0434. The van der Waals surface area contributed by atoms with Crippen LogP contribution in [0.1, 0.15) is 32.1 Å². The molecule has 16 heavy (non-hydrogen) atoms. The molecular formula is C14H17FS. The van der Waals surface area contributed by atoms with E-state index in [9.17, 15) is 4.39 Å². The van der Waals surface area contributed by atoms with Crippen molar-refractivity contribution < 1.29 is 4.39 Å². The lowest BCUT2D eigenvalue weighted by molar-refractivity contribution is 0.415. The van der Waals surface area contributed by atoms with Crippen LogP contribution in [0.25, 0.3) is 0 Å². The number of benzene rings is 1. The predicted octanol–water partition coefficient (Wildman–Crippen LogP) is 5.17. The Morgan fingerprint density at radius 2 is 1.81 bits per heavy atom. The van der Waals surface area contributed by atoms with Crippen molar-refractivity contribution in [2.45, 2.75) is 37.0 Å². The molecule has 0 nitrogen and oxygen atoms in total. The zero-order valence-corrected chi connectivity index (χ0v) is 10.2. The van der Waals surface area contributed by atoms with Gasteiger partial charge in [0.2, 0.25) is 0 Å². The minimum atomic E-state index is -0.0434. The summed E-state index contributed by atoms with van der Waals surface area (Å²) in [7, 11) is 0. The Bertz CT molecular complexity index is 339. The van der Waals surface area contributed by atoms with E-state index in [4.69, 9.17) is 0 Å². The van der Waals surface area contributed by atoms with E-state index < -0.39 is 0 Å². The molecule has 0 radical (unpaired) electrons. The van der Waals surface area contributed by atoms with E-state index in [2.05, 4.69) is 0 Å². The highest BCUT2D eigenvalue weighted by molar-refractivity contribution is 8.02. The second kappa shape index (κ2) is 6.09. The fourth-order valence-electron chi connectivity index (χ4n) is 2.12. The summed E-state index contributed by atoms with van der Waals surface area (Å²) in [5.74, 6) is 0.463. The lowest BCUT2D eigenvalue weighted by Gasteiger charge is -2.17. The summed E-state index contributed by atoms with van der Waals surface area (Å²) < 4.78 is 13.7. The molecule has 0 unspecified atom stereocenters. The van der Waals surface area contributed by atoms with Gasteiger partial charge >= 0.3 is 0 Å². The van der Waals surface area contributed by atoms with Gasteiger partial charge in [0.05, 0.1) is 0 Å². The van der Waals surface area contributed by atoms with E-state index in [1.807, 2.05) is 36.4 Å². The van der Waals surface area contributed by atoms with Crippen LogP contribution in [-0.2, 0) is 0 Å². The van der Waals surface area contributed by atoms with Crippen molar-refractivity contribution in [1.29, 1.82) is 0 Å². The number of hydrogen-bond donors (Lipinski definition) is 0. The van der Waals surface area contributed by atoms with Crippen molar-refractivity contribution in [2.24, 2.45) is 5.92 Å². The minimum Gasteiger partial charge on any atom is -0.199 e. The Morgan fingerprint density at radius 3 is 2.50 bits per heavy atom. The Hall–Kier alpha value is -0.760. The number of thioether (sulfide) groups is 1. The largest absolute Gasteiger partial charge is 0.199 e. The second-order valence-corrected chi connectivity index (χ2v) is 5.35. The van der Waals surface area contributed by atoms with Crippen LogP contribution in [-0.4, -0.2) is 0 Å². The molecule has 0 bridgehead atoms. The van der Waals surface area contributed by atoms with Gasteiger partial charge in [0, 0.05) is 4.90 Å². The van der Waals surface area contributed by atoms with E-state index in [0.29, 0.717) is 5.92 Å². The molecule has 1 fully saturated rings. The molecular weight excluding hydrogens is 219 g/mol. The maximum absolute atomic E-state index is 13.7. The highest BCUT2D eigenvalue weighted by Gasteiger charge is 2.12. The number of halogens is 1. The van der Waals surface area contributed by atoms with Crippen LogP contribution in [0.2, 0.25) is 0 Å². The summed E-state index contributed by atoms with van der Waals surface area (Å²) in [4.78, 5) is 0.979. The molecule has 1 aromatic rings. The van der Waals surface area contributed by atoms with Crippen LogP contribution in [0.5, 0.6) is 0 Å². The normalized spacial score (nSPS) is 18.7. The van der Waals surface area contributed by atoms with Crippen LogP contribution in [0.4, 0.5) is 4.39 Å². The van der Waals surface area contributed by atoms with Gasteiger partial charge in [0.1, 0.15) is 0 Å². The summed E-state index contributed by atoms with van der Waals surface area (Å²) >= 11 is 1.23. The number of rotatable bonds is 3. The number of hydrogen-bond acceptors (Lipinski definition) is 1. The summed E-state index contributed by atoms with van der Waals surface area (Å²) in [5, 5.41) is -0.0434. The molecule has 0 heterocycles. The van der Waals surface area contributed by atoms with Crippen LogP contribution in [0, 0.1) is 5.92 Å². The summed E-state index contributed by atoms with van der Waals surface area (Å²) in [5.41, 5.74) is 0. The SMILES string of the molecule is F/C(=C\C1CCCCC1)Sc1ccccc1. The van der Waals surface area contributed by atoms with Gasteiger partial charge in [-0.25, -0.2) is 0 Å². The quantitative estimate of drug-likeness (QED) is 0.652. The highest BCUT2D eigenvalue weighted by atomic mass is 32.2. The monoisotopic (exact) mass is 236 g/mol. The molecule has 0 N–H and O–H groups in total. The molecule has 0 amide bonds. The number of allylic oxidation sites excluding steroid dienone is 1. The van der Waals surface area contributed by atoms with Gasteiger partial charge in [-0.3, -0.25) is 0 Å². The highest BCUT2D eigenvalue weighted by Crippen LogP contribution is 2.32. The predicted molar refractivity (Wildman–Crippen MR) is 68.1 cm³/mol.